The molecule has 1 aliphatic heterocycles. The molecule has 1 heterocycles. The molecule has 3 atom stereocenters. The van der Waals surface area contributed by atoms with E-state index in [9.17, 15) is 4.79 Å². The molecule has 2 rings (SSSR count). The molecule has 4 heteroatoms. The smallest absolute Gasteiger partial charge is 0.223 e. The van der Waals surface area contributed by atoms with Crippen LogP contribution < -0.4 is 11.1 Å². The maximum atomic E-state index is 12.0. The number of ether oxygens (including phenoxy) is 1. The number of nitrogens with two attached hydrogens (primary N) is 1. The van der Waals surface area contributed by atoms with E-state index in [4.69, 9.17) is 10.5 Å². The number of hydrogen-bond donors (Lipinski definition) is 2. The molecule has 2 fully saturated rings. The van der Waals surface area contributed by atoms with Crippen LogP contribution in [0.4, 0.5) is 0 Å². The van der Waals surface area contributed by atoms with Crippen LogP contribution in [0.1, 0.15) is 25.7 Å². The van der Waals surface area contributed by atoms with Crippen LogP contribution in [0.5, 0.6) is 0 Å². The second-order valence-electron chi connectivity index (χ2n) is 5.01. The fraction of sp³-hybridized carbons (Fsp3) is 0.917. The van der Waals surface area contributed by atoms with Gasteiger partial charge in [-0.05, 0) is 31.7 Å². The first kappa shape index (κ1) is 11.9. The van der Waals surface area contributed by atoms with Crippen LogP contribution >= 0.6 is 0 Å². The lowest BCUT2D eigenvalue weighted by atomic mass is 9.95. The molecule has 3 unspecified atom stereocenters. The van der Waals surface area contributed by atoms with Gasteiger partial charge in [0.05, 0.1) is 6.61 Å². The number of carbonyl (C=O) groups excluding carboxylic acids is 1. The van der Waals surface area contributed by atoms with Crippen molar-refractivity contribution in [1.29, 1.82) is 0 Å². The monoisotopic (exact) mass is 226 g/mol. The molecule has 0 spiro atoms. The van der Waals surface area contributed by atoms with Gasteiger partial charge < -0.3 is 15.8 Å². The number of hydrogen-bond acceptors (Lipinski definition) is 3. The van der Waals surface area contributed by atoms with Crippen LogP contribution in [-0.4, -0.2) is 32.2 Å². The Bertz CT molecular complexity index is 239. The van der Waals surface area contributed by atoms with E-state index in [1.807, 2.05) is 0 Å². The van der Waals surface area contributed by atoms with Gasteiger partial charge in [-0.2, -0.15) is 0 Å². The molecule has 4 nitrogen and oxygen atoms in total. The SMILES string of the molecule is NCC1CCCC1C(=O)NCC1CCOC1. The normalized spacial score (nSPS) is 34.2. The first-order valence-electron chi connectivity index (χ1n) is 6.36. The van der Waals surface area contributed by atoms with Crippen molar-refractivity contribution in [1.82, 2.24) is 5.32 Å². The summed E-state index contributed by atoms with van der Waals surface area (Å²) in [4.78, 5) is 12.0. The molecule has 1 saturated carbocycles. The van der Waals surface area contributed by atoms with Gasteiger partial charge in [0.25, 0.3) is 0 Å². The van der Waals surface area contributed by atoms with E-state index < -0.39 is 0 Å². The van der Waals surface area contributed by atoms with Crippen molar-refractivity contribution in [3.63, 3.8) is 0 Å². The summed E-state index contributed by atoms with van der Waals surface area (Å²) < 4.78 is 5.29. The van der Waals surface area contributed by atoms with E-state index in [0.29, 0.717) is 18.4 Å². The Morgan fingerprint density at radius 1 is 1.38 bits per heavy atom. The van der Waals surface area contributed by atoms with Gasteiger partial charge in [0.2, 0.25) is 5.91 Å². The summed E-state index contributed by atoms with van der Waals surface area (Å²) >= 11 is 0. The first-order chi connectivity index (χ1) is 7.81. The standard InChI is InChI=1S/C12H22N2O2/c13-6-10-2-1-3-11(10)12(15)14-7-9-4-5-16-8-9/h9-11H,1-8,13H2,(H,14,15). The van der Waals surface area contributed by atoms with Crippen LogP contribution in [-0.2, 0) is 9.53 Å². The quantitative estimate of drug-likeness (QED) is 0.734. The number of amides is 1. The van der Waals surface area contributed by atoms with Crippen molar-refractivity contribution in [2.24, 2.45) is 23.5 Å². The summed E-state index contributed by atoms with van der Waals surface area (Å²) in [6.45, 7) is 3.05. The maximum Gasteiger partial charge on any atom is 0.223 e. The third-order valence-corrected chi connectivity index (χ3v) is 3.89. The Kier molecular flexibility index (Phi) is 4.18. The van der Waals surface area contributed by atoms with E-state index in [2.05, 4.69) is 5.32 Å². The molecule has 0 aromatic carbocycles. The third kappa shape index (κ3) is 2.74. The minimum atomic E-state index is 0.160. The summed E-state index contributed by atoms with van der Waals surface area (Å²) in [5.74, 6) is 1.29. The van der Waals surface area contributed by atoms with E-state index in [1.165, 1.54) is 0 Å². The first-order valence-corrected chi connectivity index (χ1v) is 6.36. The lowest BCUT2D eigenvalue weighted by Crippen LogP contribution is -2.37. The minimum absolute atomic E-state index is 0.160. The van der Waals surface area contributed by atoms with Gasteiger partial charge in [-0.1, -0.05) is 6.42 Å². The highest BCUT2D eigenvalue weighted by atomic mass is 16.5. The minimum Gasteiger partial charge on any atom is -0.381 e. The number of rotatable bonds is 4. The van der Waals surface area contributed by atoms with Crippen LogP contribution in [0, 0.1) is 17.8 Å². The van der Waals surface area contributed by atoms with E-state index >= 15 is 0 Å². The average Bonchev–Trinajstić information content (AvgIpc) is 2.96. The van der Waals surface area contributed by atoms with Crippen molar-refractivity contribution in [3.05, 3.63) is 0 Å². The van der Waals surface area contributed by atoms with Gasteiger partial charge in [0, 0.05) is 25.0 Å². The lowest BCUT2D eigenvalue weighted by molar-refractivity contribution is -0.126. The molecule has 92 valence electrons. The highest BCUT2D eigenvalue weighted by Crippen LogP contribution is 2.30. The molecule has 1 amide bonds. The largest absolute Gasteiger partial charge is 0.381 e. The van der Waals surface area contributed by atoms with Crippen molar-refractivity contribution in [3.8, 4) is 0 Å². The lowest BCUT2D eigenvalue weighted by Gasteiger charge is -2.18. The predicted octanol–water partition coefficient (Wildman–Crippen LogP) is 0.514. The molecule has 0 bridgehead atoms. The van der Waals surface area contributed by atoms with Gasteiger partial charge >= 0.3 is 0 Å². The van der Waals surface area contributed by atoms with Gasteiger partial charge in [0.15, 0.2) is 0 Å². The molecule has 0 aromatic rings. The van der Waals surface area contributed by atoms with E-state index in [0.717, 1.165) is 45.4 Å². The summed E-state index contributed by atoms with van der Waals surface area (Å²) in [5.41, 5.74) is 5.68. The molecular formula is C12H22N2O2. The van der Waals surface area contributed by atoms with Crippen molar-refractivity contribution < 1.29 is 9.53 Å². The summed E-state index contributed by atoms with van der Waals surface area (Å²) in [7, 11) is 0. The zero-order valence-corrected chi connectivity index (χ0v) is 9.78. The van der Waals surface area contributed by atoms with Gasteiger partial charge in [-0.25, -0.2) is 0 Å². The topological polar surface area (TPSA) is 64.4 Å². The fourth-order valence-electron chi connectivity index (χ4n) is 2.78. The van der Waals surface area contributed by atoms with Crippen LogP contribution in [0.15, 0.2) is 0 Å². The third-order valence-electron chi connectivity index (χ3n) is 3.89. The highest BCUT2D eigenvalue weighted by Gasteiger charge is 2.32. The van der Waals surface area contributed by atoms with Crippen LogP contribution in [0.3, 0.4) is 0 Å². The van der Waals surface area contributed by atoms with Crippen LogP contribution in [0.25, 0.3) is 0 Å². The van der Waals surface area contributed by atoms with Crippen LogP contribution in [0.2, 0.25) is 0 Å². The Balaban J connectivity index is 1.74. The summed E-state index contributed by atoms with van der Waals surface area (Å²) in [5, 5.41) is 3.06. The average molecular weight is 226 g/mol. The molecular weight excluding hydrogens is 204 g/mol. The Morgan fingerprint density at radius 3 is 2.94 bits per heavy atom. The Labute approximate surface area is 96.9 Å². The predicted molar refractivity (Wildman–Crippen MR) is 61.8 cm³/mol. The molecule has 16 heavy (non-hydrogen) atoms. The van der Waals surface area contributed by atoms with Crippen molar-refractivity contribution in [2.45, 2.75) is 25.7 Å². The molecule has 3 N–H and O–H groups in total. The Hall–Kier alpha value is -0.610. The second-order valence-corrected chi connectivity index (χ2v) is 5.01. The molecule has 1 aliphatic carbocycles. The summed E-state index contributed by atoms with van der Waals surface area (Å²) in [6.07, 6.45) is 4.34. The maximum absolute atomic E-state index is 12.0. The van der Waals surface area contributed by atoms with Gasteiger partial charge in [-0.15, -0.1) is 0 Å². The zero-order valence-electron chi connectivity index (χ0n) is 9.78. The van der Waals surface area contributed by atoms with Crippen molar-refractivity contribution >= 4 is 5.91 Å². The Morgan fingerprint density at radius 2 is 2.25 bits per heavy atom. The highest BCUT2D eigenvalue weighted by molar-refractivity contribution is 5.79. The fourth-order valence-corrected chi connectivity index (χ4v) is 2.78. The zero-order chi connectivity index (χ0) is 11.4. The van der Waals surface area contributed by atoms with E-state index in [1.54, 1.807) is 0 Å². The number of carbonyl (C=O) groups is 1. The summed E-state index contributed by atoms with van der Waals surface area (Å²) in [6, 6.07) is 0. The van der Waals surface area contributed by atoms with Gasteiger partial charge in [0.1, 0.15) is 0 Å². The molecule has 2 aliphatic rings. The second kappa shape index (κ2) is 5.64. The van der Waals surface area contributed by atoms with E-state index in [-0.39, 0.29) is 11.8 Å². The molecule has 0 radical (unpaired) electrons. The van der Waals surface area contributed by atoms with Crippen molar-refractivity contribution in [2.75, 3.05) is 26.3 Å². The molecule has 1 saturated heterocycles. The van der Waals surface area contributed by atoms with Gasteiger partial charge in [-0.3, -0.25) is 4.79 Å². The number of nitrogens with one attached hydrogen (secondary N) is 1. The molecule has 0 aromatic heterocycles.